The summed E-state index contributed by atoms with van der Waals surface area (Å²) in [7, 11) is 0. The first-order valence-electron chi connectivity index (χ1n) is 8.74. The van der Waals surface area contributed by atoms with Gasteiger partial charge in [0.25, 0.3) is 0 Å². The van der Waals surface area contributed by atoms with E-state index in [0.29, 0.717) is 11.8 Å². The van der Waals surface area contributed by atoms with E-state index in [0.717, 1.165) is 25.7 Å². The number of aliphatic hydroxyl groups is 1. The average molecular weight is 301 g/mol. The Labute approximate surface area is 132 Å². The van der Waals surface area contributed by atoms with Crippen molar-refractivity contribution in [1.29, 1.82) is 0 Å². The minimum absolute atomic E-state index is 0.0896. The van der Waals surface area contributed by atoms with Crippen LogP contribution < -0.4 is 5.73 Å². The van der Waals surface area contributed by atoms with Gasteiger partial charge < -0.3 is 10.8 Å². The highest BCUT2D eigenvalue weighted by Gasteiger charge is 2.60. The van der Waals surface area contributed by atoms with Crippen LogP contribution in [0.25, 0.3) is 0 Å². The first kappa shape index (κ1) is 14.6. The summed E-state index contributed by atoms with van der Waals surface area (Å²) in [6.07, 6.45) is 10.5. The van der Waals surface area contributed by atoms with Crippen LogP contribution in [0.2, 0.25) is 0 Å². The maximum absolute atomic E-state index is 11.7. The Bertz CT molecular complexity index is 580. The highest BCUT2D eigenvalue weighted by atomic mass is 16.3. The maximum atomic E-state index is 11.7. The predicted octanol–water partition coefficient (Wildman–Crippen LogP) is 2.59. The Hall–Kier alpha value is -0.930. The summed E-state index contributed by atoms with van der Waals surface area (Å²) in [6.45, 7) is 4.52. The Kier molecular flexibility index (Phi) is 3.03. The zero-order chi connectivity index (χ0) is 15.7. The molecule has 1 unspecified atom stereocenters. The molecule has 0 bridgehead atoms. The Balaban J connectivity index is 1.76. The Morgan fingerprint density at radius 1 is 1.27 bits per heavy atom. The topological polar surface area (TPSA) is 63.3 Å². The van der Waals surface area contributed by atoms with E-state index < -0.39 is 0 Å². The number of fused-ring (bicyclic) bond motifs is 5. The molecule has 3 saturated carbocycles. The van der Waals surface area contributed by atoms with Gasteiger partial charge in [0.15, 0.2) is 5.78 Å². The summed E-state index contributed by atoms with van der Waals surface area (Å²) >= 11 is 0. The maximum Gasteiger partial charge on any atom is 0.178 e. The number of nitrogens with two attached hydrogens (primary N) is 1. The third-order valence-corrected chi connectivity index (χ3v) is 7.57. The lowest BCUT2D eigenvalue weighted by molar-refractivity contribution is -0.114. The van der Waals surface area contributed by atoms with Crippen LogP contribution >= 0.6 is 0 Å². The standard InChI is InChI=1S/C19H27NO2/c1-18-8-7-12(21)9-11(18)3-4-13-14-5-6-16(20)19(14,2)10-15(22)17(13)18/h7-9,13-17,22H,3-6,10,20H2,1-2H3/t13-,14-,15-,16?,17+,18-,19-/m0/s1. The summed E-state index contributed by atoms with van der Waals surface area (Å²) in [4.78, 5) is 11.7. The minimum atomic E-state index is -0.318. The van der Waals surface area contributed by atoms with E-state index >= 15 is 0 Å². The lowest BCUT2D eigenvalue weighted by Gasteiger charge is -2.58. The van der Waals surface area contributed by atoms with Crippen molar-refractivity contribution >= 4 is 5.78 Å². The van der Waals surface area contributed by atoms with Crippen LogP contribution in [-0.2, 0) is 4.79 Å². The smallest absolute Gasteiger partial charge is 0.178 e. The molecule has 4 aliphatic carbocycles. The monoisotopic (exact) mass is 301 g/mol. The highest BCUT2D eigenvalue weighted by Crippen LogP contribution is 2.64. The SMILES string of the molecule is C[C@]12C=CC(=O)C=C1CC[C@@H]1[C@@H]2[C@@H](O)C[C@]2(C)C(N)CC[C@@H]12. The molecule has 0 heterocycles. The van der Waals surface area contributed by atoms with Gasteiger partial charge in [-0.2, -0.15) is 0 Å². The third kappa shape index (κ3) is 1.73. The number of hydrogen-bond acceptors (Lipinski definition) is 3. The number of ketones is 1. The van der Waals surface area contributed by atoms with Gasteiger partial charge >= 0.3 is 0 Å². The van der Waals surface area contributed by atoms with Gasteiger partial charge in [0.1, 0.15) is 0 Å². The molecule has 3 fully saturated rings. The van der Waals surface area contributed by atoms with Gasteiger partial charge in [-0.25, -0.2) is 0 Å². The zero-order valence-corrected chi connectivity index (χ0v) is 13.6. The van der Waals surface area contributed by atoms with Crippen LogP contribution in [0.3, 0.4) is 0 Å². The second kappa shape index (κ2) is 4.55. The molecular weight excluding hydrogens is 274 g/mol. The van der Waals surface area contributed by atoms with Crippen molar-refractivity contribution in [1.82, 2.24) is 0 Å². The largest absolute Gasteiger partial charge is 0.393 e. The molecule has 120 valence electrons. The molecule has 0 aliphatic heterocycles. The van der Waals surface area contributed by atoms with Gasteiger partial charge in [-0.3, -0.25) is 4.79 Å². The molecule has 0 aromatic heterocycles. The number of aliphatic hydroxyl groups excluding tert-OH is 1. The van der Waals surface area contributed by atoms with Crippen molar-refractivity contribution in [2.45, 2.75) is 58.1 Å². The van der Waals surface area contributed by atoms with Gasteiger partial charge in [0.2, 0.25) is 0 Å². The molecule has 3 heteroatoms. The van der Waals surface area contributed by atoms with E-state index in [-0.39, 0.29) is 34.7 Å². The first-order chi connectivity index (χ1) is 10.4. The number of carbonyl (C=O) groups excluding carboxylic acids is 1. The van der Waals surface area contributed by atoms with Gasteiger partial charge in [-0.1, -0.05) is 25.5 Å². The number of carbonyl (C=O) groups is 1. The summed E-state index contributed by atoms with van der Waals surface area (Å²) in [5.41, 5.74) is 7.58. The van der Waals surface area contributed by atoms with Gasteiger partial charge in [-0.05, 0) is 61.5 Å². The molecule has 4 rings (SSSR count). The molecule has 0 aromatic carbocycles. The van der Waals surface area contributed by atoms with Gasteiger partial charge in [0.05, 0.1) is 6.10 Å². The van der Waals surface area contributed by atoms with Crippen LogP contribution in [0, 0.1) is 28.6 Å². The van der Waals surface area contributed by atoms with Crippen LogP contribution in [-0.4, -0.2) is 23.0 Å². The molecule has 22 heavy (non-hydrogen) atoms. The molecule has 0 aromatic rings. The van der Waals surface area contributed by atoms with Crippen molar-refractivity contribution in [3.8, 4) is 0 Å². The zero-order valence-electron chi connectivity index (χ0n) is 13.6. The van der Waals surface area contributed by atoms with Crippen molar-refractivity contribution in [2.75, 3.05) is 0 Å². The Morgan fingerprint density at radius 2 is 2.05 bits per heavy atom. The summed E-state index contributed by atoms with van der Waals surface area (Å²) in [5.74, 6) is 1.49. The van der Waals surface area contributed by atoms with Crippen LogP contribution in [0.15, 0.2) is 23.8 Å². The van der Waals surface area contributed by atoms with Crippen LogP contribution in [0.4, 0.5) is 0 Å². The fourth-order valence-corrected chi connectivity index (χ4v) is 6.36. The molecule has 3 nitrogen and oxygen atoms in total. The van der Waals surface area contributed by atoms with Crippen molar-refractivity contribution in [3.63, 3.8) is 0 Å². The first-order valence-corrected chi connectivity index (χ1v) is 8.74. The molecule has 7 atom stereocenters. The van der Waals surface area contributed by atoms with E-state index in [4.69, 9.17) is 5.73 Å². The second-order valence-electron chi connectivity index (χ2n) is 8.48. The van der Waals surface area contributed by atoms with E-state index in [1.165, 1.54) is 12.0 Å². The van der Waals surface area contributed by atoms with E-state index in [1.54, 1.807) is 6.08 Å². The minimum Gasteiger partial charge on any atom is -0.393 e. The lowest BCUT2D eigenvalue weighted by Crippen LogP contribution is -2.57. The molecule has 0 radical (unpaired) electrons. The number of hydrogen-bond donors (Lipinski definition) is 2. The van der Waals surface area contributed by atoms with Crippen LogP contribution in [0.1, 0.15) is 46.0 Å². The summed E-state index contributed by atoms with van der Waals surface area (Å²) < 4.78 is 0. The van der Waals surface area contributed by atoms with E-state index in [1.807, 2.05) is 6.08 Å². The molecule has 0 amide bonds. The number of allylic oxidation sites excluding steroid dienone is 4. The molecular formula is C19H27NO2. The van der Waals surface area contributed by atoms with E-state index in [9.17, 15) is 9.90 Å². The Morgan fingerprint density at radius 3 is 2.82 bits per heavy atom. The van der Waals surface area contributed by atoms with Gasteiger partial charge in [0, 0.05) is 17.4 Å². The van der Waals surface area contributed by atoms with Crippen LogP contribution in [0.5, 0.6) is 0 Å². The third-order valence-electron chi connectivity index (χ3n) is 7.57. The molecule has 0 saturated heterocycles. The number of rotatable bonds is 0. The lowest BCUT2D eigenvalue weighted by atomic mass is 9.47. The molecule has 3 N–H and O–H groups in total. The summed E-state index contributed by atoms with van der Waals surface area (Å²) in [6, 6.07) is 0.223. The predicted molar refractivity (Wildman–Crippen MR) is 86.0 cm³/mol. The normalized spacial score (nSPS) is 53.5. The molecule has 4 aliphatic rings. The van der Waals surface area contributed by atoms with Crippen molar-refractivity contribution in [3.05, 3.63) is 23.8 Å². The van der Waals surface area contributed by atoms with Crippen molar-refractivity contribution in [2.24, 2.45) is 34.3 Å². The highest BCUT2D eigenvalue weighted by molar-refractivity contribution is 6.01. The van der Waals surface area contributed by atoms with E-state index in [2.05, 4.69) is 19.9 Å². The quantitative estimate of drug-likeness (QED) is 0.723. The second-order valence-corrected chi connectivity index (χ2v) is 8.48. The van der Waals surface area contributed by atoms with Gasteiger partial charge in [-0.15, -0.1) is 0 Å². The summed E-state index contributed by atoms with van der Waals surface area (Å²) in [5, 5.41) is 11.0. The average Bonchev–Trinajstić information content (AvgIpc) is 2.75. The van der Waals surface area contributed by atoms with Crippen molar-refractivity contribution < 1.29 is 9.90 Å². The fourth-order valence-electron chi connectivity index (χ4n) is 6.36. The molecule has 0 spiro atoms. The fraction of sp³-hybridized carbons (Fsp3) is 0.737.